The standard InChI is InChI=1S/C22H26N2O2/c25-13-19-21(16-4-2-1-3-5-16)22(19)14-24(12-20(22)26)11-15-6-7-17-9-23-10-18(17)8-15/h1-8,19-21,23,25-26H,9-14H2/t19-,20-,21-,22-/m1/s1. The Balaban J connectivity index is 1.35. The number of nitrogens with one attached hydrogen (secondary N) is 1. The Labute approximate surface area is 154 Å². The SMILES string of the molecule is OC[C@@H]1[C@@H](c2ccccc2)[C@]12CN(Cc1ccc3c(c1)CNC3)C[C@H]2O. The molecule has 0 amide bonds. The fraction of sp³-hybridized carbons (Fsp3) is 0.455. The van der Waals surface area contributed by atoms with Crippen LogP contribution in [0.2, 0.25) is 0 Å². The highest BCUT2D eigenvalue weighted by Gasteiger charge is 2.70. The van der Waals surface area contributed by atoms with Crippen LogP contribution < -0.4 is 5.32 Å². The molecule has 1 aliphatic carbocycles. The van der Waals surface area contributed by atoms with E-state index in [1.165, 1.54) is 22.3 Å². The van der Waals surface area contributed by atoms with Crippen molar-refractivity contribution in [2.45, 2.75) is 31.7 Å². The van der Waals surface area contributed by atoms with Crippen LogP contribution in [0.4, 0.5) is 0 Å². The second kappa shape index (κ2) is 6.17. The molecule has 4 atom stereocenters. The lowest BCUT2D eigenvalue weighted by atomic mass is 9.95. The molecule has 4 nitrogen and oxygen atoms in total. The summed E-state index contributed by atoms with van der Waals surface area (Å²) in [5.74, 6) is 0.423. The minimum absolute atomic E-state index is 0.148. The number of nitrogens with zero attached hydrogens (tertiary/aromatic N) is 1. The number of hydrogen-bond donors (Lipinski definition) is 3. The molecule has 136 valence electrons. The van der Waals surface area contributed by atoms with Crippen LogP contribution in [0.25, 0.3) is 0 Å². The van der Waals surface area contributed by atoms with E-state index in [9.17, 15) is 10.2 Å². The van der Waals surface area contributed by atoms with Crippen LogP contribution in [0.15, 0.2) is 48.5 Å². The highest BCUT2D eigenvalue weighted by molar-refractivity contribution is 5.37. The van der Waals surface area contributed by atoms with Crippen molar-refractivity contribution in [3.8, 4) is 0 Å². The Bertz CT molecular complexity index is 809. The van der Waals surface area contributed by atoms with Crippen molar-refractivity contribution >= 4 is 0 Å². The molecule has 2 aromatic rings. The third-order valence-corrected chi connectivity index (χ3v) is 6.77. The van der Waals surface area contributed by atoms with Gasteiger partial charge in [-0.25, -0.2) is 0 Å². The van der Waals surface area contributed by atoms with Crippen LogP contribution in [0.1, 0.15) is 28.2 Å². The molecule has 0 unspecified atom stereocenters. The average Bonchev–Trinajstić information content (AvgIpc) is 2.91. The van der Waals surface area contributed by atoms with Gasteiger partial charge in [0.2, 0.25) is 0 Å². The molecular weight excluding hydrogens is 324 g/mol. The van der Waals surface area contributed by atoms with Gasteiger partial charge in [-0.05, 0) is 34.1 Å². The topological polar surface area (TPSA) is 55.7 Å². The Morgan fingerprint density at radius 2 is 1.88 bits per heavy atom. The number of rotatable bonds is 4. The lowest BCUT2D eigenvalue weighted by Gasteiger charge is -2.17. The van der Waals surface area contributed by atoms with Crippen LogP contribution in [0.5, 0.6) is 0 Å². The maximum absolute atomic E-state index is 10.9. The second-order valence-corrected chi connectivity index (χ2v) is 8.18. The maximum Gasteiger partial charge on any atom is 0.0745 e. The highest BCUT2D eigenvalue weighted by Crippen LogP contribution is 2.68. The van der Waals surface area contributed by atoms with Crippen LogP contribution >= 0.6 is 0 Å². The van der Waals surface area contributed by atoms with Crippen molar-refractivity contribution in [2.75, 3.05) is 19.7 Å². The maximum atomic E-state index is 10.9. The van der Waals surface area contributed by atoms with E-state index in [0.29, 0.717) is 6.54 Å². The van der Waals surface area contributed by atoms with E-state index in [4.69, 9.17) is 0 Å². The van der Waals surface area contributed by atoms with Crippen molar-refractivity contribution in [3.63, 3.8) is 0 Å². The van der Waals surface area contributed by atoms with Crippen molar-refractivity contribution in [1.29, 1.82) is 0 Å². The van der Waals surface area contributed by atoms with Gasteiger partial charge in [0.25, 0.3) is 0 Å². The molecule has 4 heteroatoms. The van der Waals surface area contributed by atoms with Crippen LogP contribution in [-0.4, -0.2) is 40.9 Å². The Morgan fingerprint density at radius 3 is 2.69 bits per heavy atom. The number of benzene rings is 2. The van der Waals surface area contributed by atoms with Crippen LogP contribution in [-0.2, 0) is 19.6 Å². The molecule has 2 aromatic carbocycles. The largest absolute Gasteiger partial charge is 0.396 e. The van der Waals surface area contributed by atoms with Crippen molar-refractivity contribution < 1.29 is 10.2 Å². The lowest BCUT2D eigenvalue weighted by molar-refractivity contribution is 0.111. The van der Waals surface area contributed by atoms with Gasteiger partial charge in [-0.1, -0.05) is 48.5 Å². The predicted molar refractivity (Wildman–Crippen MR) is 100 cm³/mol. The molecule has 0 radical (unpaired) electrons. The van der Waals surface area contributed by atoms with Gasteiger partial charge < -0.3 is 15.5 Å². The molecule has 3 aliphatic rings. The van der Waals surface area contributed by atoms with E-state index >= 15 is 0 Å². The van der Waals surface area contributed by atoms with E-state index in [0.717, 1.165) is 26.2 Å². The van der Waals surface area contributed by atoms with Gasteiger partial charge in [0.1, 0.15) is 0 Å². The van der Waals surface area contributed by atoms with Crippen LogP contribution in [0, 0.1) is 11.3 Å². The molecule has 2 heterocycles. The van der Waals surface area contributed by atoms with Crippen molar-refractivity contribution in [1.82, 2.24) is 10.2 Å². The zero-order valence-electron chi connectivity index (χ0n) is 14.9. The van der Waals surface area contributed by atoms with Gasteiger partial charge in [0.15, 0.2) is 0 Å². The summed E-state index contributed by atoms with van der Waals surface area (Å²) in [5.41, 5.74) is 5.18. The summed E-state index contributed by atoms with van der Waals surface area (Å²) in [6.07, 6.45) is -0.374. The van der Waals surface area contributed by atoms with Gasteiger partial charge >= 0.3 is 0 Å². The van der Waals surface area contributed by atoms with E-state index in [1.54, 1.807) is 0 Å². The molecule has 0 aromatic heterocycles. The summed E-state index contributed by atoms with van der Waals surface area (Å²) in [6, 6.07) is 17.1. The van der Waals surface area contributed by atoms with Gasteiger partial charge in [0, 0.05) is 44.7 Å². The Kier molecular flexibility index (Phi) is 3.90. The minimum Gasteiger partial charge on any atom is -0.396 e. The van der Waals surface area contributed by atoms with E-state index in [2.05, 4.69) is 40.5 Å². The molecule has 5 rings (SSSR count). The Morgan fingerprint density at radius 1 is 1.08 bits per heavy atom. The van der Waals surface area contributed by atoms with Gasteiger partial charge in [-0.3, -0.25) is 4.90 Å². The van der Waals surface area contributed by atoms with Gasteiger partial charge in [-0.2, -0.15) is 0 Å². The summed E-state index contributed by atoms with van der Waals surface area (Å²) in [4.78, 5) is 2.36. The van der Waals surface area contributed by atoms with Gasteiger partial charge in [0.05, 0.1) is 6.10 Å². The summed E-state index contributed by atoms with van der Waals surface area (Å²) in [6.45, 7) is 4.49. The normalized spacial score (nSPS) is 32.9. The van der Waals surface area contributed by atoms with Crippen molar-refractivity contribution in [3.05, 3.63) is 70.8 Å². The number of hydrogen-bond acceptors (Lipinski definition) is 4. The summed E-state index contributed by atoms with van der Waals surface area (Å²) >= 11 is 0. The van der Waals surface area contributed by atoms with Crippen molar-refractivity contribution in [2.24, 2.45) is 11.3 Å². The molecule has 3 N–H and O–H groups in total. The first-order valence-electron chi connectivity index (χ1n) is 9.60. The number of fused-ring (bicyclic) bond motifs is 1. The number of likely N-dealkylation sites (tertiary alicyclic amines) is 1. The summed E-state index contributed by atoms with van der Waals surface area (Å²) < 4.78 is 0. The van der Waals surface area contributed by atoms with Crippen LogP contribution in [0.3, 0.4) is 0 Å². The molecule has 1 saturated heterocycles. The van der Waals surface area contributed by atoms with E-state index in [1.807, 2.05) is 18.2 Å². The molecule has 1 spiro atoms. The zero-order valence-corrected chi connectivity index (χ0v) is 14.9. The zero-order chi connectivity index (χ0) is 17.7. The highest BCUT2D eigenvalue weighted by atomic mass is 16.3. The number of β-amino-alcohol motifs (C(OH)–C–C–N with tert-alkyl or cyclic N) is 1. The Hall–Kier alpha value is -1.72. The molecule has 2 aliphatic heterocycles. The van der Waals surface area contributed by atoms with Gasteiger partial charge in [-0.15, -0.1) is 0 Å². The average molecular weight is 350 g/mol. The predicted octanol–water partition coefficient (Wildman–Crippen LogP) is 1.86. The number of aliphatic hydroxyl groups is 2. The lowest BCUT2D eigenvalue weighted by Crippen LogP contribution is -2.23. The first kappa shape index (κ1) is 16.5. The smallest absolute Gasteiger partial charge is 0.0745 e. The molecule has 0 bridgehead atoms. The third-order valence-electron chi connectivity index (χ3n) is 6.77. The number of aliphatic hydroxyl groups excluding tert-OH is 2. The molecule has 26 heavy (non-hydrogen) atoms. The van der Waals surface area contributed by atoms with E-state index < -0.39 is 0 Å². The molecular formula is C22H26N2O2. The summed E-state index contributed by atoms with van der Waals surface area (Å²) in [5, 5.41) is 24.2. The molecule has 1 saturated carbocycles. The van der Waals surface area contributed by atoms with E-state index in [-0.39, 0.29) is 30.0 Å². The quantitative estimate of drug-likeness (QED) is 0.788. The minimum atomic E-state index is -0.374. The monoisotopic (exact) mass is 350 g/mol. The first-order valence-corrected chi connectivity index (χ1v) is 9.60. The third kappa shape index (κ3) is 2.44. The fourth-order valence-corrected chi connectivity index (χ4v) is 5.49. The fourth-order valence-electron chi connectivity index (χ4n) is 5.49. The first-order chi connectivity index (χ1) is 12.7. The summed E-state index contributed by atoms with van der Waals surface area (Å²) in [7, 11) is 0. The molecule has 2 fully saturated rings. The second-order valence-electron chi connectivity index (χ2n) is 8.18.